The third-order valence-corrected chi connectivity index (χ3v) is 3.32. The Morgan fingerprint density at radius 2 is 1.53 bits per heavy atom. The maximum absolute atomic E-state index is 4.09. The number of hydrogen-bond donors (Lipinski definition) is 0. The molecule has 0 saturated heterocycles. The van der Waals surface area contributed by atoms with Crippen LogP contribution in [0, 0.1) is 0 Å². The van der Waals surface area contributed by atoms with Crippen LogP contribution >= 0.6 is 11.3 Å². The molecule has 0 amide bonds. The normalized spacial score (nSPS) is 10.4. The lowest BCUT2D eigenvalue weighted by Crippen LogP contribution is -1.80. The van der Waals surface area contributed by atoms with Gasteiger partial charge in [-0.3, -0.25) is 0 Å². The topological polar surface area (TPSA) is 25.8 Å². The van der Waals surface area contributed by atoms with Crippen molar-refractivity contribution in [3.05, 3.63) is 60.1 Å². The van der Waals surface area contributed by atoms with Crippen LogP contribution in [-0.4, -0.2) is 10.2 Å². The van der Waals surface area contributed by atoms with Crippen LogP contribution in [0.2, 0.25) is 0 Å². The third kappa shape index (κ3) is 2.10. The molecule has 1 heterocycles. The van der Waals surface area contributed by atoms with Crippen LogP contribution in [-0.2, 0) is 0 Å². The molecule has 2 nitrogen and oxygen atoms in total. The van der Waals surface area contributed by atoms with Crippen molar-refractivity contribution >= 4 is 11.3 Å². The standard InChI is InChI=1S/C14H10N2S/c1-2-5-11(6-3-1)12-7-4-8-13(9-12)14-16-15-10-17-14/h1-10H. The van der Waals surface area contributed by atoms with Gasteiger partial charge in [-0.25, -0.2) is 0 Å². The fourth-order valence-electron chi connectivity index (χ4n) is 1.76. The Balaban J connectivity index is 2.06. The van der Waals surface area contributed by atoms with Crippen molar-refractivity contribution in [1.29, 1.82) is 0 Å². The number of nitrogens with zero attached hydrogens (tertiary/aromatic N) is 2. The molecule has 0 radical (unpaired) electrons. The summed E-state index contributed by atoms with van der Waals surface area (Å²) in [6.07, 6.45) is 0. The van der Waals surface area contributed by atoms with E-state index in [1.54, 1.807) is 16.8 Å². The van der Waals surface area contributed by atoms with Crippen LogP contribution in [0.3, 0.4) is 0 Å². The molecule has 1 aromatic heterocycles. The lowest BCUT2D eigenvalue weighted by Gasteiger charge is -2.02. The molecule has 0 fully saturated rings. The fraction of sp³-hybridized carbons (Fsp3) is 0. The third-order valence-electron chi connectivity index (χ3n) is 2.58. The van der Waals surface area contributed by atoms with Gasteiger partial charge in [-0.05, 0) is 17.2 Å². The van der Waals surface area contributed by atoms with Gasteiger partial charge in [0.05, 0.1) is 0 Å². The van der Waals surface area contributed by atoms with E-state index in [4.69, 9.17) is 0 Å². The Morgan fingerprint density at radius 1 is 0.765 bits per heavy atom. The minimum atomic E-state index is 0.961. The molecule has 0 aliphatic heterocycles. The molecule has 0 aliphatic rings. The molecule has 3 rings (SSSR count). The van der Waals surface area contributed by atoms with Gasteiger partial charge in [0, 0.05) is 5.56 Å². The highest BCUT2D eigenvalue weighted by Gasteiger charge is 2.03. The first kappa shape index (κ1) is 10.2. The molecule has 0 unspecified atom stereocenters. The van der Waals surface area contributed by atoms with Gasteiger partial charge in [-0.1, -0.05) is 59.9 Å². The summed E-state index contributed by atoms with van der Waals surface area (Å²) in [5, 5.41) is 8.92. The monoisotopic (exact) mass is 238 g/mol. The molecule has 0 aliphatic carbocycles. The Kier molecular flexibility index (Phi) is 2.68. The molecule has 2 aromatic carbocycles. The Morgan fingerprint density at radius 3 is 2.29 bits per heavy atom. The van der Waals surface area contributed by atoms with E-state index < -0.39 is 0 Å². The van der Waals surface area contributed by atoms with Gasteiger partial charge in [0.2, 0.25) is 0 Å². The van der Waals surface area contributed by atoms with Crippen molar-refractivity contribution in [2.24, 2.45) is 0 Å². The van der Waals surface area contributed by atoms with Crippen LogP contribution in [0.4, 0.5) is 0 Å². The zero-order valence-electron chi connectivity index (χ0n) is 9.08. The molecule has 82 valence electrons. The van der Waals surface area contributed by atoms with E-state index in [1.807, 2.05) is 18.2 Å². The van der Waals surface area contributed by atoms with Crippen molar-refractivity contribution in [3.63, 3.8) is 0 Å². The molecular formula is C14H10N2S. The minimum Gasteiger partial charge on any atom is -0.147 e. The van der Waals surface area contributed by atoms with Crippen molar-refractivity contribution in [2.75, 3.05) is 0 Å². The highest BCUT2D eigenvalue weighted by molar-refractivity contribution is 7.12. The average Bonchev–Trinajstić information content (AvgIpc) is 2.94. The predicted molar refractivity (Wildman–Crippen MR) is 70.8 cm³/mol. The second-order valence-corrected chi connectivity index (χ2v) is 4.52. The predicted octanol–water partition coefficient (Wildman–Crippen LogP) is 3.87. The van der Waals surface area contributed by atoms with E-state index in [1.165, 1.54) is 11.1 Å². The van der Waals surface area contributed by atoms with Crippen molar-refractivity contribution < 1.29 is 0 Å². The second kappa shape index (κ2) is 4.47. The van der Waals surface area contributed by atoms with Crippen molar-refractivity contribution in [1.82, 2.24) is 10.2 Å². The highest BCUT2D eigenvalue weighted by Crippen LogP contribution is 2.26. The molecule has 0 atom stereocenters. The number of hydrogen-bond acceptors (Lipinski definition) is 3. The zero-order valence-corrected chi connectivity index (χ0v) is 9.89. The number of aromatic nitrogens is 2. The van der Waals surface area contributed by atoms with Gasteiger partial charge in [0.1, 0.15) is 10.5 Å². The lowest BCUT2D eigenvalue weighted by atomic mass is 10.0. The Labute approximate surface area is 104 Å². The summed E-state index contributed by atoms with van der Waals surface area (Å²) < 4.78 is 0. The summed E-state index contributed by atoms with van der Waals surface area (Å²) in [6, 6.07) is 18.7. The van der Waals surface area contributed by atoms with Gasteiger partial charge in [0.25, 0.3) is 0 Å². The van der Waals surface area contributed by atoms with E-state index in [2.05, 4.69) is 46.6 Å². The van der Waals surface area contributed by atoms with Crippen LogP contribution < -0.4 is 0 Å². The molecule has 0 saturated carbocycles. The molecule has 0 bridgehead atoms. The Hall–Kier alpha value is -2.00. The second-order valence-electron chi connectivity index (χ2n) is 3.69. The van der Waals surface area contributed by atoms with Crippen molar-refractivity contribution in [2.45, 2.75) is 0 Å². The van der Waals surface area contributed by atoms with E-state index in [0.29, 0.717) is 0 Å². The van der Waals surface area contributed by atoms with Crippen LogP contribution in [0.15, 0.2) is 60.1 Å². The molecular weight excluding hydrogens is 228 g/mol. The zero-order chi connectivity index (χ0) is 11.5. The maximum Gasteiger partial charge on any atom is 0.147 e. The average molecular weight is 238 g/mol. The fourth-order valence-corrected chi connectivity index (χ4v) is 2.31. The number of rotatable bonds is 2. The van der Waals surface area contributed by atoms with E-state index in [0.717, 1.165) is 10.6 Å². The van der Waals surface area contributed by atoms with Gasteiger partial charge in [-0.15, -0.1) is 10.2 Å². The van der Waals surface area contributed by atoms with Crippen LogP contribution in [0.5, 0.6) is 0 Å². The smallest absolute Gasteiger partial charge is 0.147 e. The summed E-state index contributed by atoms with van der Waals surface area (Å²) >= 11 is 1.56. The van der Waals surface area contributed by atoms with E-state index in [9.17, 15) is 0 Å². The summed E-state index contributed by atoms with van der Waals surface area (Å²) in [4.78, 5) is 0. The molecule has 17 heavy (non-hydrogen) atoms. The Bertz CT molecular complexity index is 603. The van der Waals surface area contributed by atoms with Crippen LogP contribution in [0.1, 0.15) is 0 Å². The summed E-state index contributed by atoms with van der Waals surface area (Å²) in [7, 11) is 0. The molecule has 3 heteroatoms. The number of benzene rings is 2. The van der Waals surface area contributed by atoms with Gasteiger partial charge >= 0.3 is 0 Å². The van der Waals surface area contributed by atoms with E-state index in [-0.39, 0.29) is 0 Å². The first-order valence-corrected chi connectivity index (χ1v) is 6.23. The molecule has 0 spiro atoms. The summed E-state index contributed by atoms with van der Waals surface area (Å²) in [6.45, 7) is 0. The minimum absolute atomic E-state index is 0.961. The highest BCUT2D eigenvalue weighted by atomic mass is 32.1. The first-order valence-electron chi connectivity index (χ1n) is 5.35. The molecule has 3 aromatic rings. The summed E-state index contributed by atoms with van der Waals surface area (Å²) in [5.74, 6) is 0. The quantitative estimate of drug-likeness (QED) is 0.677. The lowest BCUT2D eigenvalue weighted by molar-refractivity contribution is 1.10. The van der Waals surface area contributed by atoms with E-state index >= 15 is 0 Å². The van der Waals surface area contributed by atoms with Crippen LogP contribution in [0.25, 0.3) is 21.7 Å². The SMILES string of the molecule is c1ccc(-c2cccc(-c3nncs3)c2)cc1. The largest absolute Gasteiger partial charge is 0.147 e. The summed E-state index contributed by atoms with van der Waals surface area (Å²) in [5.41, 5.74) is 5.30. The van der Waals surface area contributed by atoms with Gasteiger partial charge in [-0.2, -0.15) is 0 Å². The van der Waals surface area contributed by atoms with Gasteiger partial charge in [0.15, 0.2) is 0 Å². The van der Waals surface area contributed by atoms with Crippen molar-refractivity contribution in [3.8, 4) is 21.7 Å². The van der Waals surface area contributed by atoms with Gasteiger partial charge < -0.3 is 0 Å². The first-order chi connectivity index (χ1) is 8.43. The molecule has 0 N–H and O–H groups in total. The maximum atomic E-state index is 4.09.